The second-order valence-electron chi connectivity index (χ2n) is 5.63. The van der Waals surface area contributed by atoms with Crippen LogP contribution in [0.25, 0.3) is 5.57 Å². The molecule has 1 aromatic carbocycles. The lowest BCUT2D eigenvalue weighted by atomic mass is 10.1. The maximum Gasteiger partial charge on any atom is 0.279 e. The average Bonchev–Trinajstić information content (AvgIpc) is 3.26. The normalized spacial score (nSPS) is 13.8. The summed E-state index contributed by atoms with van der Waals surface area (Å²) in [4.78, 5) is 26.4. The lowest BCUT2D eigenvalue weighted by Crippen LogP contribution is -2.22. The van der Waals surface area contributed by atoms with Crippen LogP contribution in [0.5, 0.6) is 5.88 Å². The van der Waals surface area contributed by atoms with E-state index in [1.807, 2.05) is 30.5 Å². The van der Waals surface area contributed by atoms with Gasteiger partial charge in [0.25, 0.3) is 5.91 Å². The van der Waals surface area contributed by atoms with Gasteiger partial charge in [-0.05, 0) is 13.0 Å². The number of amides is 1. The van der Waals surface area contributed by atoms with Crippen LogP contribution in [0.15, 0.2) is 52.3 Å². The molecule has 26 heavy (non-hydrogen) atoms. The summed E-state index contributed by atoms with van der Waals surface area (Å²) in [5, 5.41) is 14.6. The molecule has 0 saturated heterocycles. The van der Waals surface area contributed by atoms with Crippen LogP contribution in [0.1, 0.15) is 10.6 Å². The molecule has 0 saturated carbocycles. The molecule has 1 aliphatic heterocycles. The van der Waals surface area contributed by atoms with Crippen LogP contribution in [-0.4, -0.2) is 20.6 Å². The van der Waals surface area contributed by atoms with Crippen molar-refractivity contribution in [2.45, 2.75) is 13.5 Å². The molecule has 0 atom stereocenters. The van der Waals surface area contributed by atoms with Crippen LogP contribution < -0.4 is 15.4 Å². The lowest BCUT2D eigenvalue weighted by molar-refractivity contribution is -0.112. The summed E-state index contributed by atoms with van der Waals surface area (Å²) >= 11 is 2.67. The summed E-state index contributed by atoms with van der Waals surface area (Å²) < 4.78 is 1.62. The van der Waals surface area contributed by atoms with E-state index in [1.165, 1.54) is 22.7 Å². The average molecular weight is 382 g/mol. The lowest BCUT2D eigenvalue weighted by Gasteiger charge is -2.01. The Labute approximate surface area is 156 Å². The number of benzene rings is 1. The molecule has 3 aromatic rings. The number of aromatic hydroxyl groups is 1. The molecule has 1 amide bonds. The molecule has 0 unspecified atom stereocenters. The van der Waals surface area contributed by atoms with Gasteiger partial charge < -0.3 is 5.11 Å². The Morgan fingerprint density at radius 2 is 2.19 bits per heavy atom. The predicted molar refractivity (Wildman–Crippen MR) is 101 cm³/mol. The Bertz CT molecular complexity index is 1230. The van der Waals surface area contributed by atoms with Gasteiger partial charge in [0.1, 0.15) is 4.88 Å². The number of thiazole rings is 2. The summed E-state index contributed by atoms with van der Waals surface area (Å²) in [7, 11) is 0. The first-order valence-corrected chi connectivity index (χ1v) is 9.51. The number of hydrogen-bond donors (Lipinski definition) is 1. The molecule has 0 aliphatic carbocycles. The van der Waals surface area contributed by atoms with Crippen molar-refractivity contribution < 1.29 is 9.90 Å². The van der Waals surface area contributed by atoms with Gasteiger partial charge in [-0.1, -0.05) is 35.6 Å². The molecular formula is C18H14N4O2S2. The molecule has 1 aliphatic rings. The number of nitrogens with zero attached hydrogens (tertiary/aromatic N) is 4. The number of allylic oxidation sites excluding steroid dienone is 1. The highest BCUT2D eigenvalue weighted by atomic mass is 32.1. The number of aromatic nitrogens is 2. The Balaban J connectivity index is 1.99. The number of para-hydroxylation sites is 1. The van der Waals surface area contributed by atoms with Crippen LogP contribution in [0.2, 0.25) is 0 Å². The summed E-state index contributed by atoms with van der Waals surface area (Å²) in [6, 6.07) is 7.29. The Hall–Kier alpha value is -2.84. The van der Waals surface area contributed by atoms with Crippen molar-refractivity contribution in [2.24, 2.45) is 9.98 Å². The van der Waals surface area contributed by atoms with Gasteiger partial charge >= 0.3 is 0 Å². The molecule has 0 fully saturated rings. The SMILES string of the molecule is C=CCn1c(O)c(C2=c3ccccc3=NC2=O)s/c1=N/c1nc(C)cs1. The molecule has 0 radical (unpaired) electrons. The maximum absolute atomic E-state index is 12.4. The quantitative estimate of drug-likeness (QED) is 0.699. The third-order valence-electron chi connectivity index (χ3n) is 3.83. The second-order valence-corrected chi connectivity index (χ2v) is 7.44. The molecule has 1 N–H and O–H groups in total. The highest BCUT2D eigenvalue weighted by molar-refractivity contribution is 7.13. The third kappa shape index (κ3) is 2.73. The van der Waals surface area contributed by atoms with E-state index in [0.717, 1.165) is 10.9 Å². The van der Waals surface area contributed by atoms with Gasteiger partial charge in [0.2, 0.25) is 11.0 Å². The molecule has 3 heterocycles. The Morgan fingerprint density at radius 1 is 1.38 bits per heavy atom. The van der Waals surface area contributed by atoms with Crippen molar-refractivity contribution in [3.63, 3.8) is 0 Å². The zero-order valence-electron chi connectivity index (χ0n) is 13.8. The molecule has 2 aromatic heterocycles. The molecule has 8 heteroatoms. The minimum Gasteiger partial charge on any atom is -0.493 e. The second kappa shape index (κ2) is 6.47. The summed E-state index contributed by atoms with van der Waals surface area (Å²) in [5.74, 6) is -0.373. The van der Waals surface area contributed by atoms with Crippen molar-refractivity contribution in [3.05, 3.63) is 68.2 Å². The van der Waals surface area contributed by atoms with Crippen molar-refractivity contribution >= 4 is 39.3 Å². The molecule has 6 nitrogen and oxygen atoms in total. The number of carbonyl (C=O) groups is 1. The van der Waals surface area contributed by atoms with Gasteiger partial charge in [-0.3, -0.25) is 9.36 Å². The Kier molecular flexibility index (Phi) is 4.14. The number of hydrogen-bond acceptors (Lipinski definition) is 6. The van der Waals surface area contributed by atoms with E-state index in [4.69, 9.17) is 0 Å². The minimum atomic E-state index is -0.356. The maximum atomic E-state index is 12.4. The first-order chi connectivity index (χ1) is 12.6. The fraction of sp³-hybridized carbons (Fsp3) is 0.111. The van der Waals surface area contributed by atoms with E-state index in [-0.39, 0.29) is 11.8 Å². The van der Waals surface area contributed by atoms with Gasteiger partial charge in [0.05, 0.1) is 16.6 Å². The highest BCUT2D eigenvalue weighted by Gasteiger charge is 2.25. The first-order valence-electron chi connectivity index (χ1n) is 7.81. The zero-order valence-corrected chi connectivity index (χ0v) is 15.5. The number of rotatable bonds is 4. The number of carbonyl (C=O) groups excluding carboxylic acids is 1. The van der Waals surface area contributed by atoms with Crippen LogP contribution in [0, 0.1) is 6.92 Å². The molecule has 0 spiro atoms. The third-order valence-corrected chi connectivity index (χ3v) is 5.77. The standard InChI is InChI=1S/C18H14N4O2S2/c1-3-8-22-16(24)14(26-18(22)21-17-19-10(2)9-25-17)13-11-6-4-5-7-12(11)20-15(13)23/h3-7,9,24H,1,8H2,2H3/b21-18+. The van der Waals surface area contributed by atoms with Crippen molar-refractivity contribution in [3.8, 4) is 5.88 Å². The van der Waals surface area contributed by atoms with E-state index < -0.39 is 0 Å². The molecule has 4 rings (SSSR count). The summed E-state index contributed by atoms with van der Waals surface area (Å²) in [5.41, 5.74) is 1.29. The fourth-order valence-corrected chi connectivity index (χ4v) is 4.51. The van der Waals surface area contributed by atoms with Gasteiger partial charge in [-0.25, -0.2) is 9.98 Å². The minimum absolute atomic E-state index is 0.0165. The van der Waals surface area contributed by atoms with Crippen molar-refractivity contribution in [1.29, 1.82) is 0 Å². The van der Waals surface area contributed by atoms with Gasteiger partial charge in [0.15, 0.2) is 4.80 Å². The van der Waals surface area contributed by atoms with Gasteiger partial charge in [-0.2, -0.15) is 4.99 Å². The van der Waals surface area contributed by atoms with E-state index >= 15 is 0 Å². The summed E-state index contributed by atoms with van der Waals surface area (Å²) in [6.07, 6.45) is 1.67. The van der Waals surface area contributed by atoms with E-state index in [1.54, 1.807) is 16.7 Å². The molecular weight excluding hydrogens is 368 g/mol. The topological polar surface area (TPSA) is 79.8 Å². The zero-order chi connectivity index (χ0) is 18.3. The van der Waals surface area contributed by atoms with Crippen molar-refractivity contribution in [2.75, 3.05) is 0 Å². The largest absolute Gasteiger partial charge is 0.493 e. The van der Waals surface area contributed by atoms with Crippen molar-refractivity contribution in [1.82, 2.24) is 9.55 Å². The van der Waals surface area contributed by atoms with E-state index in [2.05, 4.69) is 21.5 Å². The molecule has 0 bridgehead atoms. The van der Waals surface area contributed by atoms with Crippen LogP contribution in [-0.2, 0) is 11.3 Å². The van der Waals surface area contributed by atoms with Crippen LogP contribution in [0.4, 0.5) is 5.13 Å². The summed E-state index contributed by atoms with van der Waals surface area (Å²) in [6.45, 7) is 6.00. The number of aryl methyl sites for hydroxylation is 1. The molecule has 130 valence electrons. The Morgan fingerprint density at radius 3 is 2.92 bits per heavy atom. The highest BCUT2D eigenvalue weighted by Crippen LogP contribution is 2.29. The van der Waals surface area contributed by atoms with Crippen LogP contribution in [0.3, 0.4) is 0 Å². The van der Waals surface area contributed by atoms with Crippen LogP contribution >= 0.6 is 22.7 Å². The predicted octanol–water partition coefficient (Wildman–Crippen LogP) is 1.80. The monoisotopic (exact) mass is 382 g/mol. The van der Waals surface area contributed by atoms with Gasteiger partial charge in [-0.15, -0.1) is 17.9 Å². The fourth-order valence-electron chi connectivity index (χ4n) is 2.70. The van der Waals surface area contributed by atoms with E-state index in [0.29, 0.717) is 32.3 Å². The van der Waals surface area contributed by atoms with E-state index in [9.17, 15) is 9.90 Å². The van der Waals surface area contributed by atoms with Gasteiger partial charge in [0, 0.05) is 17.1 Å². The smallest absolute Gasteiger partial charge is 0.279 e. The number of fused-ring (bicyclic) bond motifs is 1. The first kappa shape index (κ1) is 16.6.